The van der Waals surface area contributed by atoms with Gasteiger partial charge in [-0.3, -0.25) is 0 Å². The van der Waals surface area contributed by atoms with Crippen LogP contribution in [0.3, 0.4) is 0 Å². The van der Waals surface area contributed by atoms with Crippen molar-refractivity contribution in [3.05, 3.63) is 23.3 Å². The van der Waals surface area contributed by atoms with Gasteiger partial charge in [-0.05, 0) is 36.6 Å². The third kappa shape index (κ3) is 3.38. The summed E-state index contributed by atoms with van der Waals surface area (Å²) < 4.78 is 15.2. The Labute approximate surface area is 113 Å². The van der Waals surface area contributed by atoms with E-state index in [-0.39, 0.29) is 6.61 Å². The smallest absolute Gasteiger partial charge is 0.339 e. The number of carbonyl (C=O) groups is 1. The highest BCUT2D eigenvalue weighted by Gasteiger charge is 2.23. The minimum atomic E-state index is -1.31. The summed E-state index contributed by atoms with van der Waals surface area (Å²) in [5.41, 5.74) is 1.30. The number of methoxy groups -OCH3 is 2. The van der Waals surface area contributed by atoms with Gasteiger partial charge in [0.05, 0.1) is 20.8 Å². The van der Waals surface area contributed by atoms with Crippen molar-refractivity contribution >= 4 is 5.97 Å². The lowest BCUT2D eigenvalue weighted by Gasteiger charge is -2.17. The Hall–Kier alpha value is -1.75. The maximum absolute atomic E-state index is 11.6. The zero-order valence-electron chi connectivity index (χ0n) is 11.7. The molecule has 1 aromatic carbocycles. The Morgan fingerprint density at radius 2 is 1.79 bits per heavy atom. The summed E-state index contributed by atoms with van der Waals surface area (Å²) in [6.07, 6.45) is -0.652. The highest BCUT2D eigenvalue weighted by atomic mass is 16.5. The maximum atomic E-state index is 11.6. The predicted octanol–water partition coefficient (Wildman–Crippen LogP) is 1.86. The molecule has 19 heavy (non-hydrogen) atoms. The van der Waals surface area contributed by atoms with E-state index in [1.807, 2.05) is 6.92 Å². The van der Waals surface area contributed by atoms with E-state index in [0.717, 1.165) is 5.56 Å². The number of rotatable bonds is 6. The number of hydrogen-bond acceptors (Lipinski definition) is 5. The molecule has 1 N–H and O–H groups in total. The van der Waals surface area contributed by atoms with Crippen molar-refractivity contribution in [1.82, 2.24) is 0 Å². The van der Waals surface area contributed by atoms with Gasteiger partial charge in [0.15, 0.2) is 17.6 Å². The van der Waals surface area contributed by atoms with Crippen LogP contribution in [0.15, 0.2) is 12.1 Å². The first-order valence-electron chi connectivity index (χ1n) is 6.18. The Balaban J connectivity index is 3.21. The van der Waals surface area contributed by atoms with Crippen LogP contribution in [-0.4, -0.2) is 31.9 Å². The summed E-state index contributed by atoms with van der Waals surface area (Å²) in [5.74, 6) is 0.377. The molecule has 0 aliphatic carbocycles. The molecule has 0 bridgehead atoms. The number of ether oxygens (including phenoxy) is 3. The van der Waals surface area contributed by atoms with Gasteiger partial charge < -0.3 is 19.3 Å². The summed E-state index contributed by atoms with van der Waals surface area (Å²) in [7, 11) is 3.04. The molecule has 106 valence electrons. The first-order valence-corrected chi connectivity index (χ1v) is 6.18. The Bertz CT molecular complexity index is 442. The van der Waals surface area contributed by atoms with Crippen LogP contribution < -0.4 is 9.47 Å². The largest absolute Gasteiger partial charge is 0.493 e. The van der Waals surface area contributed by atoms with E-state index in [1.165, 1.54) is 7.11 Å². The molecule has 1 atom stereocenters. The standard InChI is InChI=1S/C14H20O5/c1-5-9-7-11(17-3)12(18-4)8-10(9)13(15)14(16)19-6-2/h7-8,13,15H,5-6H2,1-4H3. The van der Waals surface area contributed by atoms with Crippen LogP contribution >= 0.6 is 0 Å². The fourth-order valence-corrected chi connectivity index (χ4v) is 1.85. The van der Waals surface area contributed by atoms with Gasteiger partial charge in [0.25, 0.3) is 0 Å². The van der Waals surface area contributed by atoms with E-state index in [2.05, 4.69) is 0 Å². The van der Waals surface area contributed by atoms with Crippen molar-refractivity contribution in [3.63, 3.8) is 0 Å². The summed E-state index contributed by atoms with van der Waals surface area (Å²) >= 11 is 0. The lowest BCUT2D eigenvalue weighted by atomic mass is 9.99. The van der Waals surface area contributed by atoms with Crippen LogP contribution in [0.1, 0.15) is 31.1 Å². The van der Waals surface area contributed by atoms with E-state index < -0.39 is 12.1 Å². The minimum absolute atomic E-state index is 0.227. The molecule has 0 saturated carbocycles. The van der Waals surface area contributed by atoms with Gasteiger partial charge in [-0.25, -0.2) is 4.79 Å². The second kappa shape index (κ2) is 6.99. The number of aliphatic hydroxyl groups is 1. The predicted molar refractivity (Wildman–Crippen MR) is 70.5 cm³/mol. The number of aryl methyl sites for hydroxylation is 1. The molecule has 5 nitrogen and oxygen atoms in total. The van der Waals surface area contributed by atoms with Gasteiger partial charge >= 0.3 is 5.97 Å². The molecule has 0 aliphatic rings. The lowest BCUT2D eigenvalue weighted by Crippen LogP contribution is -2.17. The molecule has 0 aliphatic heterocycles. The number of benzene rings is 1. The average Bonchev–Trinajstić information content (AvgIpc) is 2.45. The number of carbonyl (C=O) groups excluding carboxylic acids is 1. The molecule has 0 amide bonds. The van der Waals surface area contributed by atoms with Gasteiger partial charge in [0.1, 0.15) is 0 Å². The molecule has 1 rings (SSSR count). The molecule has 0 fully saturated rings. The molecule has 5 heteroatoms. The number of aliphatic hydroxyl groups excluding tert-OH is 1. The molecular formula is C14H20O5. The SMILES string of the molecule is CCOC(=O)C(O)c1cc(OC)c(OC)cc1CC. The Morgan fingerprint density at radius 1 is 1.21 bits per heavy atom. The summed E-state index contributed by atoms with van der Waals surface area (Å²) in [4.78, 5) is 11.6. The molecular weight excluding hydrogens is 248 g/mol. The minimum Gasteiger partial charge on any atom is -0.493 e. The van der Waals surface area contributed by atoms with Crippen molar-refractivity contribution in [2.24, 2.45) is 0 Å². The fraction of sp³-hybridized carbons (Fsp3) is 0.500. The van der Waals surface area contributed by atoms with Gasteiger partial charge in [-0.2, -0.15) is 0 Å². The molecule has 1 unspecified atom stereocenters. The van der Waals surface area contributed by atoms with Crippen molar-refractivity contribution < 1.29 is 24.1 Å². The van der Waals surface area contributed by atoms with Gasteiger partial charge in [0, 0.05) is 0 Å². The van der Waals surface area contributed by atoms with E-state index in [4.69, 9.17) is 14.2 Å². The van der Waals surface area contributed by atoms with Crippen molar-refractivity contribution in [2.75, 3.05) is 20.8 Å². The molecule has 0 radical (unpaired) electrons. The molecule has 0 spiro atoms. The van der Waals surface area contributed by atoms with Gasteiger partial charge in [0.2, 0.25) is 0 Å². The summed E-state index contributed by atoms with van der Waals surface area (Å²) in [5, 5.41) is 10.0. The topological polar surface area (TPSA) is 65.0 Å². The quantitative estimate of drug-likeness (QED) is 0.798. The van der Waals surface area contributed by atoms with Crippen LogP contribution in [0.4, 0.5) is 0 Å². The van der Waals surface area contributed by atoms with Gasteiger partial charge in [-0.1, -0.05) is 6.92 Å². The third-order valence-corrected chi connectivity index (χ3v) is 2.83. The molecule has 0 heterocycles. The Morgan fingerprint density at radius 3 is 2.26 bits per heavy atom. The summed E-state index contributed by atoms with van der Waals surface area (Å²) in [6.45, 7) is 3.85. The van der Waals surface area contributed by atoms with Crippen LogP contribution in [-0.2, 0) is 16.0 Å². The fourth-order valence-electron chi connectivity index (χ4n) is 1.85. The zero-order valence-corrected chi connectivity index (χ0v) is 11.7. The normalized spacial score (nSPS) is 11.8. The highest BCUT2D eigenvalue weighted by Crippen LogP contribution is 2.33. The van der Waals surface area contributed by atoms with Crippen molar-refractivity contribution in [2.45, 2.75) is 26.4 Å². The van der Waals surface area contributed by atoms with Crippen LogP contribution in [0.25, 0.3) is 0 Å². The monoisotopic (exact) mass is 268 g/mol. The summed E-state index contributed by atoms with van der Waals surface area (Å²) in [6, 6.07) is 3.37. The zero-order chi connectivity index (χ0) is 14.4. The van der Waals surface area contributed by atoms with Crippen molar-refractivity contribution in [1.29, 1.82) is 0 Å². The Kier molecular flexibility index (Phi) is 5.63. The van der Waals surface area contributed by atoms with E-state index in [0.29, 0.717) is 23.5 Å². The maximum Gasteiger partial charge on any atom is 0.339 e. The first-order chi connectivity index (χ1) is 9.08. The average molecular weight is 268 g/mol. The number of esters is 1. The molecule has 0 saturated heterocycles. The van der Waals surface area contributed by atoms with Crippen LogP contribution in [0, 0.1) is 0 Å². The van der Waals surface area contributed by atoms with E-state index in [1.54, 1.807) is 26.2 Å². The molecule has 0 aromatic heterocycles. The number of hydrogen-bond donors (Lipinski definition) is 1. The van der Waals surface area contributed by atoms with Crippen molar-refractivity contribution in [3.8, 4) is 11.5 Å². The van der Waals surface area contributed by atoms with E-state index >= 15 is 0 Å². The lowest BCUT2D eigenvalue weighted by molar-refractivity contribution is -0.153. The second-order valence-corrected chi connectivity index (χ2v) is 3.91. The first kappa shape index (κ1) is 15.3. The second-order valence-electron chi connectivity index (χ2n) is 3.91. The molecule has 1 aromatic rings. The highest BCUT2D eigenvalue weighted by molar-refractivity contribution is 5.77. The van der Waals surface area contributed by atoms with E-state index in [9.17, 15) is 9.90 Å². The third-order valence-electron chi connectivity index (χ3n) is 2.83. The van der Waals surface area contributed by atoms with Crippen LogP contribution in [0.2, 0.25) is 0 Å². The van der Waals surface area contributed by atoms with Gasteiger partial charge in [-0.15, -0.1) is 0 Å². The van der Waals surface area contributed by atoms with Crippen LogP contribution in [0.5, 0.6) is 11.5 Å².